The SMILES string of the molecule is CC=CC(=O)OCC(O)C[NH+](C)C.[Br-]. The van der Waals surface area contributed by atoms with Crippen LogP contribution in [-0.4, -0.2) is 44.4 Å². The molecule has 5 heteroatoms. The van der Waals surface area contributed by atoms with E-state index in [2.05, 4.69) is 0 Å². The van der Waals surface area contributed by atoms with Crippen molar-refractivity contribution < 1.29 is 36.5 Å². The van der Waals surface area contributed by atoms with Crippen LogP contribution in [-0.2, 0) is 9.53 Å². The number of carbonyl (C=O) groups is 1. The Morgan fingerprint density at radius 1 is 1.57 bits per heavy atom. The smallest absolute Gasteiger partial charge is 0.330 e. The lowest BCUT2D eigenvalue weighted by atomic mass is 10.3. The predicted octanol–water partition coefficient (Wildman–Crippen LogP) is -4.38. The quantitative estimate of drug-likeness (QED) is 0.391. The first-order valence-electron chi connectivity index (χ1n) is 4.32. The highest BCUT2D eigenvalue weighted by Crippen LogP contribution is 1.85. The number of rotatable bonds is 5. The van der Waals surface area contributed by atoms with Gasteiger partial charge in [0.25, 0.3) is 0 Å². The molecule has 0 radical (unpaired) electrons. The summed E-state index contributed by atoms with van der Waals surface area (Å²) < 4.78 is 4.76. The Balaban J connectivity index is 0. The summed E-state index contributed by atoms with van der Waals surface area (Å²) in [6, 6.07) is 0. The van der Waals surface area contributed by atoms with Crippen molar-refractivity contribution in [2.45, 2.75) is 13.0 Å². The number of hydrogen-bond acceptors (Lipinski definition) is 3. The average molecular weight is 268 g/mol. The van der Waals surface area contributed by atoms with Gasteiger partial charge in [-0.3, -0.25) is 0 Å². The summed E-state index contributed by atoms with van der Waals surface area (Å²) in [7, 11) is 3.86. The van der Waals surface area contributed by atoms with Crippen LogP contribution in [0.1, 0.15) is 6.92 Å². The zero-order chi connectivity index (χ0) is 10.3. The van der Waals surface area contributed by atoms with Gasteiger partial charge < -0.3 is 31.7 Å². The predicted molar refractivity (Wildman–Crippen MR) is 49.5 cm³/mol. The Labute approximate surface area is 95.3 Å². The van der Waals surface area contributed by atoms with Gasteiger partial charge in [-0.25, -0.2) is 4.79 Å². The number of quaternary nitrogens is 1. The van der Waals surface area contributed by atoms with Crippen molar-refractivity contribution >= 4 is 5.97 Å². The van der Waals surface area contributed by atoms with Gasteiger partial charge in [0, 0.05) is 6.08 Å². The normalized spacial score (nSPS) is 12.6. The molecule has 0 aliphatic heterocycles. The molecule has 0 spiro atoms. The standard InChI is InChI=1S/C9H17NO3.BrH/c1-4-5-9(12)13-7-8(11)6-10(2)3;/h4-5,8,11H,6-7H2,1-3H3;1H. The maximum Gasteiger partial charge on any atom is 0.330 e. The minimum atomic E-state index is -0.584. The summed E-state index contributed by atoms with van der Waals surface area (Å²) in [6.45, 7) is 2.37. The van der Waals surface area contributed by atoms with E-state index in [1.54, 1.807) is 13.0 Å². The molecule has 0 aromatic rings. The average Bonchev–Trinajstić information content (AvgIpc) is 2.00. The Morgan fingerprint density at radius 2 is 2.14 bits per heavy atom. The van der Waals surface area contributed by atoms with Crippen molar-refractivity contribution in [1.29, 1.82) is 0 Å². The Kier molecular flexibility index (Phi) is 10.5. The number of allylic oxidation sites excluding steroid dienone is 1. The fraction of sp³-hybridized carbons (Fsp3) is 0.667. The van der Waals surface area contributed by atoms with E-state index in [4.69, 9.17) is 4.74 Å². The first kappa shape index (κ1) is 16.1. The topological polar surface area (TPSA) is 51.0 Å². The molecule has 0 bridgehead atoms. The minimum absolute atomic E-state index is 0. The van der Waals surface area contributed by atoms with Crippen molar-refractivity contribution in [3.05, 3.63) is 12.2 Å². The van der Waals surface area contributed by atoms with Crippen molar-refractivity contribution in [3.63, 3.8) is 0 Å². The molecule has 0 aliphatic rings. The van der Waals surface area contributed by atoms with Gasteiger partial charge in [0.2, 0.25) is 0 Å². The number of aliphatic hydroxyl groups excluding tert-OH is 1. The molecule has 0 heterocycles. The minimum Gasteiger partial charge on any atom is -1.00 e. The van der Waals surface area contributed by atoms with Crippen LogP contribution >= 0.6 is 0 Å². The van der Waals surface area contributed by atoms with E-state index in [0.29, 0.717) is 6.54 Å². The van der Waals surface area contributed by atoms with Gasteiger partial charge in [-0.1, -0.05) is 6.08 Å². The summed E-state index contributed by atoms with van der Waals surface area (Å²) in [4.78, 5) is 11.9. The second kappa shape index (κ2) is 9.18. The van der Waals surface area contributed by atoms with E-state index in [1.165, 1.54) is 6.08 Å². The largest absolute Gasteiger partial charge is 1.00 e. The maximum absolute atomic E-state index is 10.8. The number of esters is 1. The van der Waals surface area contributed by atoms with Crippen LogP contribution in [0.15, 0.2) is 12.2 Å². The van der Waals surface area contributed by atoms with E-state index < -0.39 is 12.1 Å². The second-order valence-corrected chi connectivity index (χ2v) is 3.20. The second-order valence-electron chi connectivity index (χ2n) is 3.20. The molecule has 0 saturated heterocycles. The first-order valence-corrected chi connectivity index (χ1v) is 4.32. The highest BCUT2D eigenvalue weighted by Gasteiger charge is 2.09. The van der Waals surface area contributed by atoms with E-state index in [0.717, 1.165) is 4.90 Å². The molecule has 0 amide bonds. The molecule has 0 saturated carbocycles. The number of aliphatic hydroxyl groups is 1. The van der Waals surface area contributed by atoms with Crippen molar-refractivity contribution in [3.8, 4) is 0 Å². The van der Waals surface area contributed by atoms with E-state index in [-0.39, 0.29) is 23.6 Å². The van der Waals surface area contributed by atoms with Gasteiger partial charge in [-0.2, -0.15) is 0 Å². The van der Waals surface area contributed by atoms with Gasteiger partial charge in [0.15, 0.2) is 0 Å². The van der Waals surface area contributed by atoms with Gasteiger partial charge in [0.1, 0.15) is 19.3 Å². The zero-order valence-corrected chi connectivity index (χ0v) is 10.4. The highest BCUT2D eigenvalue weighted by atomic mass is 79.9. The molecule has 14 heavy (non-hydrogen) atoms. The number of hydrogen-bond donors (Lipinski definition) is 2. The Bertz CT molecular complexity index is 183. The summed E-state index contributed by atoms with van der Waals surface area (Å²) in [5, 5.41) is 9.31. The molecule has 0 aliphatic carbocycles. The molecule has 84 valence electrons. The fourth-order valence-corrected chi connectivity index (χ4v) is 0.893. The van der Waals surface area contributed by atoms with Crippen molar-refractivity contribution in [1.82, 2.24) is 0 Å². The number of carbonyl (C=O) groups excluding carboxylic acids is 1. The first-order chi connectivity index (χ1) is 6.06. The lowest BCUT2D eigenvalue weighted by Crippen LogP contribution is -3.07. The maximum atomic E-state index is 10.8. The van der Waals surface area contributed by atoms with Gasteiger partial charge in [-0.05, 0) is 6.92 Å². The number of likely N-dealkylation sites (N-methyl/N-ethyl adjacent to an activating group) is 1. The molecule has 4 nitrogen and oxygen atoms in total. The summed E-state index contributed by atoms with van der Waals surface area (Å²) in [5.41, 5.74) is 0. The molecule has 1 atom stereocenters. The van der Waals surface area contributed by atoms with Crippen molar-refractivity contribution in [2.24, 2.45) is 0 Å². The summed E-state index contributed by atoms with van der Waals surface area (Å²) >= 11 is 0. The zero-order valence-electron chi connectivity index (χ0n) is 8.79. The number of nitrogens with one attached hydrogen (secondary N) is 1. The van der Waals surface area contributed by atoms with Gasteiger partial charge in [-0.15, -0.1) is 0 Å². The van der Waals surface area contributed by atoms with E-state index >= 15 is 0 Å². The van der Waals surface area contributed by atoms with E-state index in [9.17, 15) is 9.90 Å². The summed E-state index contributed by atoms with van der Waals surface area (Å²) in [5.74, 6) is -0.407. The third-order valence-electron chi connectivity index (χ3n) is 1.36. The summed E-state index contributed by atoms with van der Waals surface area (Å²) in [6.07, 6.45) is 2.35. The number of ether oxygens (including phenoxy) is 1. The van der Waals surface area contributed by atoms with Crippen LogP contribution in [0.4, 0.5) is 0 Å². The van der Waals surface area contributed by atoms with Gasteiger partial charge >= 0.3 is 5.97 Å². The molecule has 0 rings (SSSR count). The van der Waals surface area contributed by atoms with Crippen LogP contribution in [0.5, 0.6) is 0 Å². The lowest BCUT2D eigenvalue weighted by Gasteiger charge is -2.12. The van der Waals surface area contributed by atoms with Gasteiger partial charge in [0.05, 0.1) is 14.1 Å². The van der Waals surface area contributed by atoms with Crippen LogP contribution in [0.25, 0.3) is 0 Å². The third-order valence-corrected chi connectivity index (χ3v) is 1.36. The van der Waals surface area contributed by atoms with Crippen LogP contribution < -0.4 is 21.9 Å². The Morgan fingerprint density at radius 3 is 2.57 bits per heavy atom. The molecular formula is C9H18BrNO3. The third kappa shape index (κ3) is 9.70. The van der Waals surface area contributed by atoms with Crippen LogP contribution in [0.2, 0.25) is 0 Å². The molecule has 0 aromatic heterocycles. The molecule has 0 fully saturated rings. The highest BCUT2D eigenvalue weighted by molar-refractivity contribution is 5.81. The van der Waals surface area contributed by atoms with Crippen molar-refractivity contribution in [2.75, 3.05) is 27.2 Å². The lowest BCUT2D eigenvalue weighted by molar-refractivity contribution is -0.861. The van der Waals surface area contributed by atoms with Crippen LogP contribution in [0.3, 0.4) is 0 Å². The van der Waals surface area contributed by atoms with Crippen LogP contribution in [0, 0.1) is 0 Å². The molecule has 1 unspecified atom stereocenters. The number of halogens is 1. The van der Waals surface area contributed by atoms with E-state index in [1.807, 2.05) is 14.1 Å². The molecular weight excluding hydrogens is 250 g/mol. The monoisotopic (exact) mass is 267 g/mol. The molecule has 0 aromatic carbocycles. The fourth-order valence-electron chi connectivity index (χ4n) is 0.893. The molecule has 2 N–H and O–H groups in total. The Hall–Kier alpha value is -0.390.